The molecule has 2 aliphatic rings. The highest BCUT2D eigenvalue weighted by atomic mass is 15.0. The van der Waals surface area contributed by atoms with Crippen LogP contribution in [0, 0.1) is 0 Å². The molecule has 0 radical (unpaired) electrons. The van der Waals surface area contributed by atoms with Crippen LogP contribution in [0.2, 0.25) is 0 Å². The summed E-state index contributed by atoms with van der Waals surface area (Å²) in [6.07, 6.45) is 9.12. The minimum atomic E-state index is 0.722. The molecule has 2 rings (SSSR count). The van der Waals surface area contributed by atoms with Crippen molar-refractivity contribution in [3.05, 3.63) is 23.8 Å². The molecule has 1 fully saturated rings. The van der Waals surface area contributed by atoms with Crippen LogP contribution in [0.4, 0.5) is 0 Å². The molecule has 1 heteroatoms. The first-order chi connectivity index (χ1) is 4.47. The molecule has 0 saturated carbocycles. The lowest BCUT2D eigenvalue weighted by atomic mass is 9.97. The van der Waals surface area contributed by atoms with Gasteiger partial charge < -0.3 is 5.32 Å². The second-order valence-corrected chi connectivity index (χ2v) is 2.67. The number of nitrogens with one attached hydrogen (secondary N) is 1. The van der Waals surface area contributed by atoms with Crippen LogP contribution in [-0.4, -0.2) is 12.6 Å². The molecule has 1 unspecified atom stereocenters. The van der Waals surface area contributed by atoms with Crippen LogP contribution >= 0.6 is 0 Å². The number of allylic oxidation sites excluding steroid dienone is 3. The van der Waals surface area contributed by atoms with Gasteiger partial charge in [-0.2, -0.15) is 0 Å². The van der Waals surface area contributed by atoms with Gasteiger partial charge in [-0.1, -0.05) is 18.2 Å². The smallest absolute Gasteiger partial charge is 0.0297 e. The van der Waals surface area contributed by atoms with Crippen LogP contribution in [0.15, 0.2) is 23.8 Å². The minimum absolute atomic E-state index is 0.722. The third-order valence-electron chi connectivity index (χ3n) is 2.07. The summed E-state index contributed by atoms with van der Waals surface area (Å²) in [4.78, 5) is 0. The summed E-state index contributed by atoms with van der Waals surface area (Å²) >= 11 is 0. The van der Waals surface area contributed by atoms with E-state index in [-0.39, 0.29) is 0 Å². The molecule has 48 valence electrons. The molecule has 1 heterocycles. The van der Waals surface area contributed by atoms with Gasteiger partial charge >= 0.3 is 0 Å². The summed E-state index contributed by atoms with van der Waals surface area (Å²) in [5.74, 6) is 0. The van der Waals surface area contributed by atoms with Gasteiger partial charge in [0.25, 0.3) is 0 Å². The molecule has 0 bridgehead atoms. The molecule has 1 nitrogen and oxygen atoms in total. The van der Waals surface area contributed by atoms with Crippen molar-refractivity contribution in [1.82, 2.24) is 5.32 Å². The number of hydrogen-bond acceptors (Lipinski definition) is 1. The van der Waals surface area contributed by atoms with E-state index in [2.05, 4.69) is 23.5 Å². The molecule has 0 aromatic carbocycles. The molecule has 0 amide bonds. The van der Waals surface area contributed by atoms with Crippen molar-refractivity contribution < 1.29 is 0 Å². The van der Waals surface area contributed by atoms with Crippen molar-refractivity contribution in [1.29, 1.82) is 0 Å². The first-order valence-electron chi connectivity index (χ1n) is 3.56. The van der Waals surface area contributed by atoms with Gasteiger partial charge in [0.05, 0.1) is 0 Å². The average Bonchev–Trinajstić information content (AvgIpc) is 2.11. The Bertz CT molecular complexity index is 163. The molecule has 1 aliphatic heterocycles. The number of hydrogen-bond donors (Lipinski definition) is 1. The summed E-state index contributed by atoms with van der Waals surface area (Å²) in [5, 5.41) is 3.38. The number of rotatable bonds is 1. The Balaban J connectivity index is 1.98. The molecule has 1 saturated heterocycles. The maximum Gasteiger partial charge on any atom is 0.0297 e. The van der Waals surface area contributed by atoms with Crippen molar-refractivity contribution in [2.24, 2.45) is 0 Å². The molecule has 0 spiro atoms. The average molecular weight is 121 g/mol. The summed E-state index contributed by atoms with van der Waals surface area (Å²) < 4.78 is 0. The SMILES string of the molecule is C1=CCC(C2CCN2)=C1. The van der Waals surface area contributed by atoms with Gasteiger partial charge in [0.2, 0.25) is 0 Å². The molecule has 9 heavy (non-hydrogen) atoms. The largest absolute Gasteiger partial charge is 0.310 e. The second kappa shape index (κ2) is 1.99. The second-order valence-electron chi connectivity index (χ2n) is 2.67. The Morgan fingerprint density at radius 2 is 2.44 bits per heavy atom. The molecule has 0 aromatic heterocycles. The summed E-state index contributed by atoms with van der Waals surface area (Å²) in [5.41, 5.74) is 1.57. The fourth-order valence-electron chi connectivity index (χ4n) is 1.33. The van der Waals surface area contributed by atoms with Crippen LogP contribution < -0.4 is 5.32 Å². The Morgan fingerprint density at radius 3 is 2.89 bits per heavy atom. The van der Waals surface area contributed by atoms with E-state index in [4.69, 9.17) is 0 Å². The normalized spacial score (nSPS) is 32.0. The molecular formula is C8H11N. The van der Waals surface area contributed by atoms with Gasteiger partial charge in [-0.3, -0.25) is 0 Å². The lowest BCUT2D eigenvalue weighted by Crippen LogP contribution is -2.43. The van der Waals surface area contributed by atoms with Gasteiger partial charge in [-0.25, -0.2) is 0 Å². The highest BCUT2D eigenvalue weighted by Crippen LogP contribution is 2.20. The summed E-state index contributed by atoms with van der Waals surface area (Å²) in [6, 6.07) is 0.722. The van der Waals surface area contributed by atoms with E-state index in [0.717, 1.165) is 6.04 Å². The molecule has 1 atom stereocenters. The van der Waals surface area contributed by atoms with Gasteiger partial charge in [0, 0.05) is 6.04 Å². The van der Waals surface area contributed by atoms with E-state index in [9.17, 15) is 0 Å². The first-order valence-corrected chi connectivity index (χ1v) is 3.56. The molecule has 0 aromatic rings. The minimum Gasteiger partial charge on any atom is -0.310 e. The summed E-state index contributed by atoms with van der Waals surface area (Å²) in [7, 11) is 0. The van der Waals surface area contributed by atoms with E-state index in [1.807, 2.05) is 0 Å². The Labute approximate surface area is 55.5 Å². The molecule has 1 aliphatic carbocycles. The summed E-state index contributed by atoms with van der Waals surface area (Å²) in [6.45, 7) is 1.21. The topological polar surface area (TPSA) is 12.0 Å². The third kappa shape index (κ3) is 0.815. The lowest BCUT2D eigenvalue weighted by molar-refractivity contribution is 0.415. The van der Waals surface area contributed by atoms with Crippen molar-refractivity contribution in [2.45, 2.75) is 18.9 Å². The van der Waals surface area contributed by atoms with E-state index in [1.165, 1.54) is 19.4 Å². The van der Waals surface area contributed by atoms with Gasteiger partial charge in [-0.15, -0.1) is 0 Å². The predicted molar refractivity (Wildman–Crippen MR) is 38.2 cm³/mol. The maximum absolute atomic E-state index is 3.38. The van der Waals surface area contributed by atoms with E-state index >= 15 is 0 Å². The zero-order valence-electron chi connectivity index (χ0n) is 5.43. The Kier molecular flexibility index (Phi) is 1.16. The van der Waals surface area contributed by atoms with Crippen molar-refractivity contribution >= 4 is 0 Å². The van der Waals surface area contributed by atoms with E-state index in [0.29, 0.717) is 0 Å². The zero-order valence-corrected chi connectivity index (χ0v) is 5.43. The van der Waals surface area contributed by atoms with Crippen molar-refractivity contribution in [3.8, 4) is 0 Å². The molecular weight excluding hydrogens is 110 g/mol. The third-order valence-corrected chi connectivity index (χ3v) is 2.07. The van der Waals surface area contributed by atoms with Crippen LogP contribution in [0.5, 0.6) is 0 Å². The zero-order chi connectivity index (χ0) is 6.10. The van der Waals surface area contributed by atoms with Crippen LogP contribution in [0.3, 0.4) is 0 Å². The highest BCUT2D eigenvalue weighted by Gasteiger charge is 2.20. The Morgan fingerprint density at radius 1 is 1.56 bits per heavy atom. The standard InChI is InChI=1S/C8H11N/c1-2-4-7(3-1)8-5-6-9-8/h1-3,8-9H,4-6H2. The quantitative estimate of drug-likeness (QED) is 0.550. The first kappa shape index (κ1) is 5.24. The maximum atomic E-state index is 3.38. The fourth-order valence-corrected chi connectivity index (χ4v) is 1.33. The van der Waals surface area contributed by atoms with Crippen LogP contribution in [0.25, 0.3) is 0 Å². The van der Waals surface area contributed by atoms with Crippen LogP contribution in [-0.2, 0) is 0 Å². The van der Waals surface area contributed by atoms with Crippen LogP contribution in [0.1, 0.15) is 12.8 Å². The molecule has 1 N–H and O–H groups in total. The van der Waals surface area contributed by atoms with Gasteiger partial charge in [-0.05, 0) is 25.0 Å². The predicted octanol–water partition coefficient (Wildman–Crippen LogP) is 1.23. The van der Waals surface area contributed by atoms with Crippen molar-refractivity contribution in [2.75, 3.05) is 6.54 Å². The monoisotopic (exact) mass is 121 g/mol. The fraction of sp³-hybridized carbons (Fsp3) is 0.500. The van der Waals surface area contributed by atoms with Gasteiger partial charge in [0.1, 0.15) is 0 Å². The van der Waals surface area contributed by atoms with E-state index < -0.39 is 0 Å². The van der Waals surface area contributed by atoms with Gasteiger partial charge in [0.15, 0.2) is 0 Å². The lowest BCUT2D eigenvalue weighted by Gasteiger charge is -2.28. The van der Waals surface area contributed by atoms with E-state index in [1.54, 1.807) is 5.57 Å². The van der Waals surface area contributed by atoms with Crippen molar-refractivity contribution in [3.63, 3.8) is 0 Å². The Hall–Kier alpha value is -0.560. The highest BCUT2D eigenvalue weighted by molar-refractivity contribution is 5.28.